The summed E-state index contributed by atoms with van der Waals surface area (Å²) >= 11 is 5.83. The number of amides is 2. The van der Waals surface area contributed by atoms with Crippen LogP contribution in [0.1, 0.15) is 28.9 Å². The third kappa shape index (κ3) is 6.77. The monoisotopic (exact) mass is 413 g/mol. The summed E-state index contributed by atoms with van der Waals surface area (Å²) in [6.07, 6.45) is -4.50. The quantitative estimate of drug-likeness (QED) is 0.644. The first-order valence-electron chi connectivity index (χ1n) is 8.38. The highest BCUT2D eigenvalue weighted by atomic mass is 35.5. The Hall–Kier alpha value is -2.74. The molecule has 0 spiro atoms. The molecule has 0 heterocycles. The molecule has 0 saturated carbocycles. The second kappa shape index (κ2) is 9.45. The smallest absolute Gasteiger partial charge is 0.376 e. The number of anilines is 1. The van der Waals surface area contributed by atoms with E-state index in [2.05, 4.69) is 10.6 Å². The molecule has 2 rings (SSSR count). The molecule has 2 amide bonds. The molecule has 1 unspecified atom stereocenters. The van der Waals surface area contributed by atoms with Crippen molar-refractivity contribution in [3.63, 3.8) is 0 Å². The van der Waals surface area contributed by atoms with Gasteiger partial charge in [0.1, 0.15) is 6.54 Å². The number of carbonyl (C=O) groups is 2. The first-order valence-corrected chi connectivity index (χ1v) is 8.76. The lowest BCUT2D eigenvalue weighted by atomic mass is 10.1. The van der Waals surface area contributed by atoms with E-state index in [4.69, 9.17) is 11.6 Å². The van der Waals surface area contributed by atoms with Crippen molar-refractivity contribution in [2.24, 2.45) is 0 Å². The summed E-state index contributed by atoms with van der Waals surface area (Å²) in [5.41, 5.74) is 1.14. The van der Waals surface area contributed by atoms with Crippen molar-refractivity contribution in [3.8, 4) is 0 Å². The predicted molar refractivity (Wildman–Crippen MR) is 101 cm³/mol. The zero-order valence-corrected chi connectivity index (χ0v) is 15.7. The van der Waals surface area contributed by atoms with Gasteiger partial charge in [0, 0.05) is 10.7 Å². The molecule has 1 atom stereocenters. The summed E-state index contributed by atoms with van der Waals surface area (Å²) in [6, 6.07) is 12.8. The Bertz CT molecular complexity index is 826. The highest BCUT2D eigenvalue weighted by Crippen LogP contribution is 2.18. The SMILES string of the molecule is CC(NC(=O)CNc1ccccc1C(=O)NCC(F)(F)F)c1ccc(Cl)cc1. The van der Waals surface area contributed by atoms with Crippen LogP contribution in [0.2, 0.25) is 5.02 Å². The summed E-state index contributed by atoms with van der Waals surface area (Å²) < 4.78 is 36.8. The van der Waals surface area contributed by atoms with Gasteiger partial charge in [-0.2, -0.15) is 13.2 Å². The molecule has 28 heavy (non-hydrogen) atoms. The zero-order valence-electron chi connectivity index (χ0n) is 14.9. The number of benzene rings is 2. The molecular weight excluding hydrogens is 395 g/mol. The van der Waals surface area contributed by atoms with Gasteiger partial charge in [0.15, 0.2) is 0 Å². The Balaban J connectivity index is 1.94. The van der Waals surface area contributed by atoms with Gasteiger partial charge in [-0.15, -0.1) is 0 Å². The molecule has 0 fully saturated rings. The lowest BCUT2D eigenvalue weighted by Crippen LogP contribution is -2.35. The average molecular weight is 414 g/mol. The maximum Gasteiger partial charge on any atom is 0.405 e. The third-order valence-corrected chi connectivity index (χ3v) is 4.06. The Morgan fingerprint density at radius 2 is 1.71 bits per heavy atom. The molecule has 2 aromatic rings. The zero-order chi connectivity index (χ0) is 20.7. The van der Waals surface area contributed by atoms with E-state index in [9.17, 15) is 22.8 Å². The normalized spacial score (nSPS) is 12.2. The summed E-state index contributed by atoms with van der Waals surface area (Å²) in [4.78, 5) is 24.1. The van der Waals surface area contributed by atoms with E-state index in [1.54, 1.807) is 37.3 Å². The van der Waals surface area contributed by atoms with Crippen molar-refractivity contribution >= 4 is 29.1 Å². The molecule has 9 heteroatoms. The van der Waals surface area contributed by atoms with Gasteiger partial charge < -0.3 is 16.0 Å². The van der Waals surface area contributed by atoms with Crippen LogP contribution in [0.4, 0.5) is 18.9 Å². The molecule has 0 saturated heterocycles. The molecule has 0 aromatic heterocycles. The predicted octanol–water partition coefficient (Wildman–Crippen LogP) is 3.92. The van der Waals surface area contributed by atoms with Crippen molar-refractivity contribution in [2.75, 3.05) is 18.4 Å². The van der Waals surface area contributed by atoms with Crippen molar-refractivity contribution < 1.29 is 22.8 Å². The van der Waals surface area contributed by atoms with Crippen LogP contribution in [-0.2, 0) is 4.79 Å². The topological polar surface area (TPSA) is 70.2 Å². The fourth-order valence-corrected chi connectivity index (χ4v) is 2.54. The minimum atomic E-state index is -4.50. The van der Waals surface area contributed by atoms with Gasteiger partial charge in [-0.05, 0) is 36.8 Å². The van der Waals surface area contributed by atoms with Gasteiger partial charge >= 0.3 is 6.18 Å². The number of carbonyl (C=O) groups excluding carboxylic acids is 2. The lowest BCUT2D eigenvalue weighted by molar-refractivity contribution is -0.123. The van der Waals surface area contributed by atoms with Gasteiger partial charge in [0.2, 0.25) is 5.91 Å². The maximum atomic E-state index is 12.3. The van der Waals surface area contributed by atoms with Crippen LogP contribution in [0, 0.1) is 0 Å². The molecule has 0 radical (unpaired) electrons. The second-order valence-corrected chi connectivity index (χ2v) is 6.47. The molecule has 0 aliphatic rings. The van der Waals surface area contributed by atoms with Crippen LogP contribution in [0.25, 0.3) is 0 Å². The van der Waals surface area contributed by atoms with E-state index in [0.717, 1.165) is 5.56 Å². The average Bonchev–Trinajstić information content (AvgIpc) is 2.64. The van der Waals surface area contributed by atoms with E-state index >= 15 is 0 Å². The Morgan fingerprint density at radius 3 is 2.36 bits per heavy atom. The molecule has 150 valence electrons. The maximum absolute atomic E-state index is 12.3. The van der Waals surface area contributed by atoms with Gasteiger partial charge in [-0.1, -0.05) is 35.9 Å². The molecular formula is C19H19ClF3N3O2. The first kappa shape index (κ1) is 21.6. The van der Waals surface area contributed by atoms with Crippen LogP contribution in [-0.4, -0.2) is 31.1 Å². The van der Waals surface area contributed by atoms with Gasteiger partial charge in [-0.25, -0.2) is 0 Å². The van der Waals surface area contributed by atoms with Crippen molar-refractivity contribution in [3.05, 3.63) is 64.7 Å². The molecule has 3 N–H and O–H groups in total. The highest BCUT2D eigenvalue weighted by molar-refractivity contribution is 6.30. The van der Waals surface area contributed by atoms with Gasteiger partial charge in [-0.3, -0.25) is 9.59 Å². The standard InChI is InChI=1S/C19H19ClF3N3O2/c1-12(13-6-8-14(20)9-7-13)26-17(27)10-24-16-5-3-2-4-15(16)18(28)25-11-19(21,22)23/h2-9,12,24H,10-11H2,1H3,(H,25,28)(H,26,27). The fourth-order valence-electron chi connectivity index (χ4n) is 2.41. The number of nitrogens with one attached hydrogen (secondary N) is 3. The van der Waals surface area contributed by atoms with Crippen molar-refractivity contribution in [2.45, 2.75) is 19.1 Å². The summed E-state index contributed by atoms with van der Waals surface area (Å²) in [6.45, 7) is 0.223. The number of rotatable bonds is 7. The van der Waals surface area contributed by atoms with Crippen LogP contribution >= 0.6 is 11.6 Å². The number of alkyl halides is 3. The van der Waals surface area contributed by atoms with Crippen LogP contribution in [0.3, 0.4) is 0 Å². The van der Waals surface area contributed by atoms with Crippen LogP contribution in [0.5, 0.6) is 0 Å². The molecule has 0 aliphatic carbocycles. The third-order valence-electron chi connectivity index (χ3n) is 3.81. The Morgan fingerprint density at radius 1 is 1.07 bits per heavy atom. The van der Waals surface area contributed by atoms with E-state index in [-0.39, 0.29) is 29.7 Å². The van der Waals surface area contributed by atoms with E-state index in [1.807, 2.05) is 5.32 Å². The molecule has 0 bridgehead atoms. The van der Waals surface area contributed by atoms with E-state index in [0.29, 0.717) is 5.02 Å². The van der Waals surface area contributed by atoms with E-state index in [1.165, 1.54) is 18.2 Å². The number of hydrogen-bond donors (Lipinski definition) is 3. The Kier molecular flexibility index (Phi) is 7.28. The largest absolute Gasteiger partial charge is 0.405 e. The molecule has 5 nitrogen and oxygen atoms in total. The van der Waals surface area contributed by atoms with Gasteiger partial charge in [0.05, 0.1) is 18.2 Å². The molecule has 0 aliphatic heterocycles. The van der Waals surface area contributed by atoms with E-state index < -0.39 is 18.6 Å². The number of para-hydroxylation sites is 1. The van der Waals surface area contributed by atoms with Crippen LogP contribution < -0.4 is 16.0 Å². The Labute approximate surface area is 165 Å². The number of hydrogen-bond acceptors (Lipinski definition) is 3. The first-order chi connectivity index (χ1) is 13.2. The summed E-state index contributed by atoms with van der Waals surface area (Å²) in [7, 11) is 0. The number of halogens is 4. The minimum absolute atomic E-state index is 0.0188. The van der Waals surface area contributed by atoms with Gasteiger partial charge in [0.25, 0.3) is 5.91 Å². The second-order valence-electron chi connectivity index (χ2n) is 6.04. The highest BCUT2D eigenvalue weighted by Gasteiger charge is 2.28. The van der Waals surface area contributed by atoms with Crippen molar-refractivity contribution in [1.29, 1.82) is 0 Å². The fraction of sp³-hybridized carbons (Fsp3) is 0.263. The van der Waals surface area contributed by atoms with Crippen molar-refractivity contribution in [1.82, 2.24) is 10.6 Å². The lowest BCUT2D eigenvalue weighted by Gasteiger charge is -2.16. The minimum Gasteiger partial charge on any atom is -0.376 e. The summed E-state index contributed by atoms with van der Waals surface area (Å²) in [5, 5.41) is 7.96. The van der Waals surface area contributed by atoms with Crippen LogP contribution in [0.15, 0.2) is 48.5 Å². The molecule has 2 aromatic carbocycles. The summed E-state index contributed by atoms with van der Waals surface area (Å²) in [5.74, 6) is -1.22.